The zero-order valence-electron chi connectivity index (χ0n) is 18.7. The molecule has 1 aliphatic heterocycles. The first-order valence-corrected chi connectivity index (χ1v) is 11.1. The van der Waals surface area contributed by atoms with E-state index in [2.05, 4.69) is 34.2 Å². The summed E-state index contributed by atoms with van der Waals surface area (Å²) >= 11 is 0. The van der Waals surface area contributed by atoms with Crippen molar-refractivity contribution in [2.75, 3.05) is 37.4 Å². The molecule has 1 saturated heterocycles. The number of rotatable bonds is 6. The average molecular weight is 460 g/mol. The number of hydrogen-bond donors (Lipinski definition) is 2. The Morgan fingerprint density at radius 3 is 2.55 bits per heavy atom. The number of aromatic nitrogens is 2. The van der Waals surface area contributed by atoms with Gasteiger partial charge in [0.05, 0.1) is 16.6 Å². The van der Waals surface area contributed by atoms with E-state index >= 15 is 0 Å². The fourth-order valence-electron chi connectivity index (χ4n) is 4.14. The highest BCUT2D eigenvalue weighted by Crippen LogP contribution is 2.29. The highest BCUT2D eigenvalue weighted by atomic mass is 19.4. The molecule has 1 fully saturated rings. The van der Waals surface area contributed by atoms with Crippen LogP contribution in [0.2, 0.25) is 0 Å². The molecule has 6 nitrogen and oxygen atoms in total. The van der Waals surface area contributed by atoms with Crippen LogP contribution in [0, 0.1) is 0 Å². The third kappa shape index (κ3) is 5.65. The van der Waals surface area contributed by atoms with Gasteiger partial charge in [-0.05, 0) is 75.3 Å². The Morgan fingerprint density at radius 1 is 1.18 bits per heavy atom. The van der Waals surface area contributed by atoms with Gasteiger partial charge in [-0.15, -0.1) is 0 Å². The van der Waals surface area contributed by atoms with Gasteiger partial charge in [0.1, 0.15) is 0 Å². The molecular weight excluding hydrogens is 431 g/mol. The second kappa shape index (κ2) is 9.43. The van der Waals surface area contributed by atoms with Crippen molar-refractivity contribution in [2.24, 2.45) is 0 Å². The van der Waals surface area contributed by atoms with E-state index in [9.17, 15) is 18.0 Å². The number of aromatic amines is 1. The second-order valence-electron chi connectivity index (χ2n) is 8.68. The number of benzene rings is 2. The Balaban J connectivity index is 1.35. The van der Waals surface area contributed by atoms with Crippen molar-refractivity contribution in [2.45, 2.75) is 37.9 Å². The topological polar surface area (TPSA) is 64.3 Å². The van der Waals surface area contributed by atoms with Crippen LogP contribution in [0.5, 0.6) is 0 Å². The summed E-state index contributed by atoms with van der Waals surface area (Å²) in [5.41, 5.74) is 2.31. The Hall–Kier alpha value is -3.07. The molecule has 0 saturated carbocycles. The molecule has 9 heteroatoms. The molecule has 0 radical (unpaired) electrons. The van der Waals surface area contributed by atoms with Gasteiger partial charge in [-0.1, -0.05) is 12.1 Å². The molecule has 4 rings (SSSR count). The fourth-order valence-corrected chi connectivity index (χ4v) is 4.14. The molecule has 2 N–H and O–H groups in total. The van der Waals surface area contributed by atoms with Crippen LogP contribution in [0.25, 0.3) is 11.0 Å². The highest BCUT2D eigenvalue weighted by molar-refractivity contribution is 5.93. The van der Waals surface area contributed by atoms with Crippen LogP contribution in [0.15, 0.2) is 42.5 Å². The van der Waals surface area contributed by atoms with Gasteiger partial charge >= 0.3 is 6.18 Å². The molecule has 2 aromatic carbocycles. The largest absolute Gasteiger partial charge is 0.416 e. The summed E-state index contributed by atoms with van der Waals surface area (Å²) in [6.07, 6.45) is -1.64. The summed E-state index contributed by atoms with van der Waals surface area (Å²) in [5, 5.41) is 2.86. The van der Waals surface area contributed by atoms with Gasteiger partial charge in [-0.2, -0.15) is 13.2 Å². The third-order valence-corrected chi connectivity index (χ3v) is 6.25. The number of imidazole rings is 1. The van der Waals surface area contributed by atoms with Crippen LogP contribution < -0.4 is 10.2 Å². The molecule has 0 aliphatic carbocycles. The summed E-state index contributed by atoms with van der Waals surface area (Å²) in [7, 11) is 4.19. The number of amides is 1. The minimum Gasteiger partial charge on any atom is -0.342 e. The van der Waals surface area contributed by atoms with E-state index in [0.717, 1.165) is 55.0 Å². The number of carbonyl (C=O) groups is 1. The fraction of sp³-hybridized carbons (Fsp3) is 0.417. The monoisotopic (exact) mass is 459 g/mol. The van der Waals surface area contributed by atoms with Gasteiger partial charge in [0.2, 0.25) is 11.9 Å². The van der Waals surface area contributed by atoms with Crippen molar-refractivity contribution >= 4 is 28.6 Å². The van der Waals surface area contributed by atoms with Crippen molar-refractivity contribution in [3.8, 4) is 0 Å². The van der Waals surface area contributed by atoms with E-state index in [0.29, 0.717) is 23.7 Å². The normalized spacial score (nSPS) is 15.7. The van der Waals surface area contributed by atoms with E-state index in [4.69, 9.17) is 4.98 Å². The van der Waals surface area contributed by atoms with Crippen LogP contribution in [-0.4, -0.2) is 54.0 Å². The number of likely N-dealkylation sites (tertiary alicyclic amines) is 1. The molecule has 0 bridgehead atoms. The van der Waals surface area contributed by atoms with Crippen molar-refractivity contribution in [1.29, 1.82) is 0 Å². The first kappa shape index (κ1) is 23.1. The number of aryl methyl sites for hydroxylation is 1. The summed E-state index contributed by atoms with van der Waals surface area (Å²) in [6, 6.07) is 10.9. The lowest BCUT2D eigenvalue weighted by molar-refractivity contribution is -0.137. The first-order valence-electron chi connectivity index (χ1n) is 11.1. The van der Waals surface area contributed by atoms with Crippen LogP contribution in [0.4, 0.5) is 24.8 Å². The number of hydrogen-bond acceptors (Lipinski definition) is 4. The quantitative estimate of drug-likeness (QED) is 0.562. The van der Waals surface area contributed by atoms with Crippen LogP contribution in [0.3, 0.4) is 0 Å². The lowest BCUT2D eigenvalue weighted by atomic mass is 10.0. The molecule has 33 heavy (non-hydrogen) atoms. The average Bonchev–Trinajstić information content (AvgIpc) is 3.21. The van der Waals surface area contributed by atoms with Gasteiger partial charge in [0.25, 0.3) is 0 Å². The maximum atomic E-state index is 12.7. The van der Waals surface area contributed by atoms with Crippen LogP contribution in [0.1, 0.15) is 30.4 Å². The lowest BCUT2D eigenvalue weighted by Gasteiger charge is -2.34. The first-order chi connectivity index (χ1) is 15.7. The van der Waals surface area contributed by atoms with Crippen molar-refractivity contribution < 1.29 is 18.0 Å². The smallest absolute Gasteiger partial charge is 0.342 e. The van der Waals surface area contributed by atoms with Gasteiger partial charge in [-0.25, -0.2) is 4.98 Å². The standard InChI is InChI=1S/C24H28F3N5O/c1-31-13-11-19(12-14-31)32(2)23-29-20-9-8-18(15-21(20)30-23)28-22(33)10-5-16-3-6-17(7-4-16)24(25,26)27/h3-4,6-9,15,19H,5,10-14H2,1-2H3,(H,28,33)(H,29,30). The SMILES string of the molecule is CN1CCC(N(C)c2nc3ccc(NC(=O)CCc4ccc(C(F)(F)F)cc4)cc3[nH]2)CC1. The Labute approximate surface area is 190 Å². The summed E-state index contributed by atoms with van der Waals surface area (Å²) in [6.45, 7) is 2.13. The summed E-state index contributed by atoms with van der Waals surface area (Å²) < 4.78 is 38.0. The van der Waals surface area contributed by atoms with Gasteiger partial charge in [-0.3, -0.25) is 4.79 Å². The number of nitrogens with one attached hydrogen (secondary N) is 2. The number of halogens is 3. The lowest BCUT2D eigenvalue weighted by Crippen LogP contribution is -2.42. The zero-order chi connectivity index (χ0) is 23.6. The van der Waals surface area contributed by atoms with Gasteiger partial charge in [0.15, 0.2) is 0 Å². The number of nitrogens with zero attached hydrogens (tertiary/aromatic N) is 3. The zero-order valence-corrected chi connectivity index (χ0v) is 18.7. The Bertz CT molecular complexity index is 1100. The van der Waals surface area contributed by atoms with Crippen molar-refractivity contribution in [3.05, 3.63) is 53.6 Å². The number of carbonyl (C=O) groups excluding carboxylic acids is 1. The molecule has 176 valence electrons. The minimum absolute atomic E-state index is 0.177. The Kier molecular flexibility index (Phi) is 6.60. The Morgan fingerprint density at radius 2 is 1.88 bits per heavy atom. The van der Waals surface area contributed by atoms with Crippen molar-refractivity contribution in [1.82, 2.24) is 14.9 Å². The third-order valence-electron chi connectivity index (χ3n) is 6.25. The minimum atomic E-state index is -4.36. The summed E-state index contributed by atoms with van der Waals surface area (Å²) in [5.74, 6) is 0.614. The maximum absolute atomic E-state index is 12.7. The second-order valence-corrected chi connectivity index (χ2v) is 8.68. The molecule has 0 spiro atoms. The van der Waals surface area contributed by atoms with Crippen molar-refractivity contribution in [3.63, 3.8) is 0 Å². The van der Waals surface area contributed by atoms with E-state index in [1.165, 1.54) is 12.1 Å². The highest BCUT2D eigenvalue weighted by Gasteiger charge is 2.30. The molecule has 0 unspecified atom stereocenters. The molecule has 2 heterocycles. The van der Waals surface area contributed by atoms with Gasteiger partial charge in [0, 0.05) is 25.2 Å². The summed E-state index contributed by atoms with van der Waals surface area (Å²) in [4.78, 5) is 24.9. The molecule has 0 atom stereocenters. The number of alkyl halides is 3. The molecule has 1 aromatic heterocycles. The number of H-pyrrole nitrogens is 1. The predicted molar refractivity (Wildman–Crippen MR) is 123 cm³/mol. The molecule has 1 amide bonds. The number of fused-ring (bicyclic) bond motifs is 1. The molecular formula is C24H28F3N5O. The van der Waals surface area contributed by atoms with Crippen LogP contribution in [-0.2, 0) is 17.4 Å². The van der Waals surface area contributed by atoms with Gasteiger partial charge < -0.3 is 20.1 Å². The molecule has 1 aliphatic rings. The van der Waals surface area contributed by atoms with E-state index in [-0.39, 0.29) is 12.3 Å². The van der Waals surface area contributed by atoms with E-state index < -0.39 is 11.7 Å². The maximum Gasteiger partial charge on any atom is 0.416 e. The number of anilines is 2. The van der Waals surface area contributed by atoms with E-state index in [1.54, 1.807) is 6.07 Å². The van der Waals surface area contributed by atoms with E-state index in [1.807, 2.05) is 12.1 Å². The number of piperidine rings is 1. The predicted octanol–water partition coefficient (Wildman–Crippen LogP) is 4.68. The molecule has 3 aromatic rings. The van der Waals surface area contributed by atoms with Crippen LogP contribution >= 0.6 is 0 Å².